The lowest BCUT2D eigenvalue weighted by Crippen LogP contribution is -2.55. The fraction of sp³-hybridized carbons (Fsp3) is 0.429. The predicted octanol–water partition coefficient (Wildman–Crippen LogP) is -1.88. The van der Waals surface area contributed by atoms with Crippen molar-refractivity contribution in [1.82, 2.24) is 0 Å². The Balaban J connectivity index is 1.49. The van der Waals surface area contributed by atoms with E-state index >= 15 is 0 Å². The van der Waals surface area contributed by atoms with Gasteiger partial charge in [-0.05, 0) is 47.2 Å². The molecule has 10 atom stereocenters. The van der Waals surface area contributed by atoms with Crippen LogP contribution in [0.3, 0.4) is 0 Å². The van der Waals surface area contributed by atoms with Crippen molar-refractivity contribution in [2.24, 2.45) is 0 Å². The summed E-state index contributed by atoms with van der Waals surface area (Å²) >= 11 is 0. The lowest BCUT2D eigenvalue weighted by Gasteiger charge is -2.40. The van der Waals surface area contributed by atoms with Gasteiger partial charge in [0.1, 0.15) is 61.0 Å². The minimum atomic E-state index is -1.48. The summed E-state index contributed by atoms with van der Waals surface area (Å²) in [6, 6.07) is 13.5. The molecule has 0 saturated carbocycles. The second kappa shape index (κ2) is 12.3. The number of aliphatic hydroxyl groups is 8. The van der Waals surface area contributed by atoms with Crippen LogP contribution in [0.1, 0.15) is 34.5 Å². The molecule has 0 aliphatic carbocycles. The third kappa shape index (κ3) is 5.91. The summed E-state index contributed by atoms with van der Waals surface area (Å²) < 4.78 is 11.2. The van der Waals surface area contributed by atoms with Crippen molar-refractivity contribution >= 4 is 0 Å². The summed E-state index contributed by atoms with van der Waals surface area (Å²) in [5, 5.41) is 79.6. The van der Waals surface area contributed by atoms with Gasteiger partial charge in [-0.15, -0.1) is 0 Å². The van der Waals surface area contributed by atoms with Crippen molar-refractivity contribution in [3.8, 4) is 23.7 Å². The third-order valence-electron chi connectivity index (χ3n) is 6.69. The molecule has 2 saturated heterocycles. The Labute approximate surface area is 219 Å². The number of hydrogen-bond acceptors (Lipinski definition) is 10. The zero-order valence-corrected chi connectivity index (χ0v) is 20.2. The van der Waals surface area contributed by atoms with E-state index in [0.717, 1.165) is 0 Å². The SMILES string of the molecule is OC[C@H]1O[C@H](c2cccc(C#CC#Cc3cccc([C@H]4O[C@H](CO)[C@@H](O)[C@H](O)[C@@H]4O)c3)c2)[C@@H](O)[C@@H](O)[C@@H]1O. The molecule has 10 nitrogen and oxygen atoms in total. The van der Waals surface area contributed by atoms with Crippen LogP contribution in [-0.2, 0) is 9.47 Å². The number of rotatable bonds is 4. The predicted molar refractivity (Wildman–Crippen MR) is 132 cm³/mol. The molecule has 0 spiro atoms. The highest BCUT2D eigenvalue weighted by Crippen LogP contribution is 2.33. The molecule has 38 heavy (non-hydrogen) atoms. The average molecular weight is 527 g/mol. The monoisotopic (exact) mass is 526 g/mol. The van der Waals surface area contributed by atoms with Crippen LogP contribution in [0, 0.1) is 23.7 Å². The van der Waals surface area contributed by atoms with Gasteiger partial charge in [0.25, 0.3) is 0 Å². The Morgan fingerprint density at radius 3 is 1.32 bits per heavy atom. The van der Waals surface area contributed by atoms with Crippen molar-refractivity contribution in [1.29, 1.82) is 0 Å². The first kappa shape index (κ1) is 28.2. The molecule has 8 N–H and O–H groups in total. The van der Waals surface area contributed by atoms with Crippen LogP contribution in [0.25, 0.3) is 0 Å². The minimum Gasteiger partial charge on any atom is -0.394 e. The van der Waals surface area contributed by atoms with Gasteiger partial charge in [0, 0.05) is 11.1 Å². The molecular weight excluding hydrogens is 496 g/mol. The van der Waals surface area contributed by atoms with Gasteiger partial charge < -0.3 is 50.3 Å². The van der Waals surface area contributed by atoms with Gasteiger partial charge in [-0.1, -0.05) is 36.1 Å². The summed E-state index contributed by atoms with van der Waals surface area (Å²) in [6.45, 7) is -1.04. The second-order valence-electron chi connectivity index (χ2n) is 9.25. The first-order valence-corrected chi connectivity index (χ1v) is 12.1. The Bertz CT molecular complexity index is 1130. The van der Waals surface area contributed by atoms with E-state index in [1.54, 1.807) is 48.5 Å². The van der Waals surface area contributed by atoms with Crippen LogP contribution >= 0.6 is 0 Å². The molecule has 0 radical (unpaired) electrons. The fourth-order valence-electron chi connectivity index (χ4n) is 4.55. The minimum absolute atomic E-state index is 0.508. The van der Waals surface area contributed by atoms with E-state index < -0.39 is 74.3 Å². The molecule has 0 aromatic heterocycles. The summed E-state index contributed by atoms with van der Waals surface area (Å²) in [6.07, 6.45) is -12.6. The van der Waals surface area contributed by atoms with Gasteiger partial charge in [-0.3, -0.25) is 0 Å². The molecule has 2 aromatic carbocycles. The molecule has 2 heterocycles. The van der Waals surface area contributed by atoms with Crippen molar-refractivity contribution in [3.63, 3.8) is 0 Å². The topological polar surface area (TPSA) is 180 Å². The Morgan fingerprint density at radius 2 is 0.947 bits per heavy atom. The maximum Gasteiger partial charge on any atom is 0.113 e. The molecular formula is C28H30O10. The van der Waals surface area contributed by atoms with Crippen molar-refractivity contribution in [2.75, 3.05) is 13.2 Å². The zero-order chi connectivity index (χ0) is 27.4. The van der Waals surface area contributed by atoms with Gasteiger partial charge in [-0.2, -0.15) is 0 Å². The van der Waals surface area contributed by atoms with Gasteiger partial charge in [-0.25, -0.2) is 0 Å². The van der Waals surface area contributed by atoms with Gasteiger partial charge in [0.2, 0.25) is 0 Å². The highest BCUT2D eigenvalue weighted by molar-refractivity contribution is 5.46. The van der Waals surface area contributed by atoms with Gasteiger partial charge in [0.05, 0.1) is 13.2 Å². The molecule has 2 fully saturated rings. The molecule has 2 aromatic rings. The normalized spacial score (nSPS) is 34.9. The van der Waals surface area contributed by atoms with E-state index in [2.05, 4.69) is 23.7 Å². The van der Waals surface area contributed by atoms with Crippen LogP contribution in [0.5, 0.6) is 0 Å². The van der Waals surface area contributed by atoms with Crippen LogP contribution in [0.2, 0.25) is 0 Å². The maximum atomic E-state index is 10.4. The number of benzene rings is 2. The van der Waals surface area contributed by atoms with Gasteiger partial charge >= 0.3 is 0 Å². The molecule has 202 valence electrons. The molecule has 0 amide bonds. The summed E-state index contributed by atoms with van der Waals surface area (Å²) in [4.78, 5) is 0. The van der Waals surface area contributed by atoms with E-state index in [-0.39, 0.29) is 0 Å². The van der Waals surface area contributed by atoms with Gasteiger partial charge in [0.15, 0.2) is 0 Å². The molecule has 4 rings (SSSR count). The van der Waals surface area contributed by atoms with E-state index in [1.165, 1.54) is 0 Å². The molecule has 0 unspecified atom stereocenters. The van der Waals surface area contributed by atoms with E-state index in [9.17, 15) is 40.9 Å². The quantitative estimate of drug-likeness (QED) is 0.210. The molecule has 0 bridgehead atoms. The first-order chi connectivity index (χ1) is 18.2. The lowest BCUT2D eigenvalue weighted by molar-refractivity contribution is -0.231. The van der Waals surface area contributed by atoms with Crippen molar-refractivity contribution < 1.29 is 50.3 Å². The molecule has 10 heteroatoms. The number of ether oxygens (including phenoxy) is 2. The highest BCUT2D eigenvalue weighted by Gasteiger charge is 2.45. The molecule has 2 aliphatic heterocycles. The summed E-state index contributed by atoms with van der Waals surface area (Å²) in [5.74, 6) is 11.2. The van der Waals surface area contributed by atoms with E-state index in [1.807, 2.05) is 0 Å². The Morgan fingerprint density at radius 1 is 0.553 bits per heavy atom. The number of hydrogen-bond donors (Lipinski definition) is 8. The Kier molecular flexibility index (Phi) is 9.15. The van der Waals surface area contributed by atoms with Crippen molar-refractivity contribution in [3.05, 3.63) is 70.8 Å². The summed E-state index contributed by atoms with van der Waals surface area (Å²) in [7, 11) is 0. The zero-order valence-electron chi connectivity index (χ0n) is 20.2. The molecule has 2 aliphatic rings. The largest absolute Gasteiger partial charge is 0.394 e. The van der Waals surface area contributed by atoms with E-state index in [0.29, 0.717) is 22.3 Å². The fourth-order valence-corrected chi connectivity index (χ4v) is 4.55. The standard InChI is InChI=1S/C28H30O10/c29-13-19-21(31)23(33)25(35)27(37-19)17-9-3-7-15(11-17)5-1-2-6-16-8-4-10-18(12-16)28-26(36)24(34)22(32)20(14-30)38-28/h3-4,7-12,19-36H,13-14H2/t19-,20-,21-,22-,23+,24+,25+,26+,27-,28-/m1/s1. The number of aliphatic hydroxyl groups excluding tert-OH is 8. The first-order valence-electron chi connectivity index (χ1n) is 12.1. The smallest absolute Gasteiger partial charge is 0.113 e. The highest BCUT2D eigenvalue weighted by atomic mass is 16.6. The summed E-state index contributed by atoms with van der Waals surface area (Å²) in [5.41, 5.74) is 2.13. The van der Waals surface area contributed by atoms with Crippen LogP contribution in [0.4, 0.5) is 0 Å². The second-order valence-corrected chi connectivity index (χ2v) is 9.25. The Hall–Kier alpha value is -2.84. The lowest BCUT2D eigenvalue weighted by atomic mass is 9.90. The maximum absolute atomic E-state index is 10.4. The average Bonchev–Trinajstić information content (AvgIpc) is 2.93. The van der Waals surface area contributed by atoms with Crippen LogP contribution < -0.4 is 0 Å². The van der Waals surface area contributed by atoms with E-state index in [4.69, 9.17) is 9.47 Å². The third-order valence-corrected chi connectivity index (χ3v) is 6.69. The van der Waals surface area contributed by atoms with Crippen LogP contribution in [0.15, 0.2) is 48.5 Å². The van der Waals surface area contributed by atoms with Crippen LogP contribution in [-0.4, -0.2) is 103 Å². The van der Waals surface area contributed by atoms with Crippen molar-refractivity contribution in [2.45, 2.75) is 61.0 Å².